The summed E-state index contributed by atoms with van der Waals surface area (Å²) in [7, 11) is 0. The van der Waals surface area contributed by atoms with E-state index < -0.39 is 0 Å². The van der Waals surface area contributed by atoms with Crippen LogP contribution in [0.25, 0.3) is 0 Å². The molecular formula is C12H15N5. The number of pyridine rings is 2. The molecule has 0 radical (unpaired) electrons. The quantitative estimate of drug-likeness (QED) is 0.534. The van der Waals surface area contributed by atoms with Crippen molar-refractivity contribution in [2.45, 2.75) is 6.42 Å². The first kappa shape index (κ1) is 11.3. The number of hydrazine groups is 1. The Hall–Kier alpha value is -2.14. The number of nitrogens with two attached hydrogens (primary N) is 1. The van der Waals surface area contributed by atoms with Crippen molar-refractivity contribution in [2.75, 3.05) is 17.3 Å². The average molecular weight is 229 g/mol. The lowest BCUT2D eigenvalue weighted by molar-refractivity contribution is 0.993. The number of aromatic nitrogens is 2. The van der Waals surface area contributed by atoms with Gasteiger partial charge in [0.05, 0.1) is 0 Å². The first-order valence-electron chi connectivity index (χ1n) is 5.45. The molecular weight excluding hydrogens is 214 g/mol. The van der Waals surface area contributed by atoms with E-state index in [1.54, 1.807) is 6.20 Å². The lowest BCUT2D eigenvalue weighted by Crippen LogP contribution is -2.11. The van der Waals surface area contributed by atoms with Gasteiger partial charge in [-0.2, -0.15) is 0 Å². The molecule has 4 N–H and O–H groups in total. The molecule has 0 saturated heterocycles. The summed E-state index contributed by atoms with van der Waals surface area (Å²) in [4.78, 5) is 8.33. The summed E-state index contributed by atoms with van der Waals surface area (Å²) >= 11 is 0. The number of hydrogen-bond acceptors (Lipinski definition) is 5. The van der Waals surface area contributed by atoms with Crippen molar-refractivity contribution in [3.05, 3.63) is 48.3 Å². The summed E-state index contributed by atoms with van der Waals surface area (Å²) in [5.41, 5.74) is 3.72. The molecule has 2 aromatic rings. The van der Waals surface area contributed by atoms with Crippen LogP contribution in [-0.4, -0.2) is 16.5 Å². The molecule has 0 spiro atoms. The molecule has 5 heteroatoms. The van der Waals surface area contributed by atoms with Gasteiger partial charge in [-0.25, -0.2) is 10.8 Å². The molecule has 2 aromatic heterocycles. The Bertz CT molecular complexity index is 457. The maximum Gasteiger partial charge on any atom is 0.142 e. The lowest BCUT2D eigenvalue weighted by Gasteiger charge is -2.06. The number of anilines is 2. The van der Waals surface area contributed by atoms with Crippen molar-refractivity contribution < 1.29 is 0 Å². The maximum absolute atomic E-state index is 5.29. The van der Waals surface area contributed by atoms with E-state index in [9.17, 15) is 0 Å². The van der Waals surface area contributed by atoms with Gasteiger partial charge in [0.25, 0.3) is 0 Å². The summed E-state index contributed by atoms with van der Waals surface area (Å²) in [6, 6.07) is 9.61. The predicted molar refractivity (Wildman–Crippen MR) is 68.5 cm³/mol. The maximum atomic E-state index is 5.29. The summed E-state index contributed by atoms with van der Waals surface area (Å²) in [5, 5.41) is 3.23. The Kier molecular flexibility index (Phi) is 3.88. The summed E-state index contributed by atoms with van der Waals surface area (Å²) in [6.45, 7) is 0.812. The topological polar surface area (TPSA) is 75.9 Å². The number of nitrogens with zero attached hydrogens (tertiary/aromatic N) is 2. The van der Waals surface area contributed by atoms with Crippen LogP contribution < -0.4 is 16.6 Å². The van der Waals surface area contributed by atoms with Gasteiger partial charge in [-0.15, -0.1) is 0 Å². The van der Waals surface area contributed by atoms with Crippen molar-refractivity contribution in [3.63, 3.8) is 0 Å². The van der Waals surface area contributed by atoms with E-state index in [-0.39, 0.29) is 0 Å². The van der Waals surface area contributed by atoms with Crippen molar-refractivity contribution in [3.8, 4) is 0 Å². The predicted octanol–water partition coefficient (Wildman–Crippen LogP) is 1.42. The van der Waals surface area contributed by atoms with E-state index in [2.05, 4.69) is 26.8 Å². The van der Waals surface area contributed by atoms with Gasteiger partial charge in [-0.05, 0) is 30.2 Å². The largest absolute Gasteiger partial charge is 0.370 e. The Balaban J connectivity index is 1.86. The highest BCUT2D eigenvalue weighted by Crippen LogP contribution is 2.07. The molecule has 17 heavy (non-hydrogen) atoms. The van der Waals surface area contributed by atoms with Gasteiger partial charge in [0, 0.05) is 18.9 Å². The van der Waals surface area contributed by atoms with Gasteiger partial charge < -0.3 is 10.7 Å². The molecule has 0 aromatic carbocycles. The Labute approximate surface area is 100 Å². The zero-order valence-electron chi connectivity index (χ0n) is 9.43. The number of rotatable bonds is 5. The third-order valence-electron chi connectivity index (χ3n) is 2.34. The van der Waals surface area contributed by atoms with Gasteiger partial charge in [-0.3, -0.25) is 4.98 Å². The van der Waals surface area contributed by atoms with Crippen LogP contribution in [0, 0.1) is 0 Å². The molecule has 88 valence electrons. The fourth-order valence-corrected chi connectivity index (χ4v) is 1.49. The molecule has 2 rings (SSSR count). The first-order chi connectivity index (χ1) is 8.38. The molecule has 0 bridgehead atoms. The highest BCUT2D eigenvalue weighted by Gasteiger charge is 1.96. The van der Waals surface area contributed by atoms with Crippen LogP contribution in [0.1, 0.15) is 5.56 Å². The normalized spacial score (nSPS) is 9.94. The van der Waals surface area contributed by atoms with Crippen LogP contribution in [0.4, 0.5) is 11.6 Å². The summed E-state index contributed by atoms with van der Waals surface area (Å²) in [5.74, 6) is 6.75. The van der Waals surface area contributed by atoms with Gasteiger partial charge >= 0.3 is 0 Å². The van der Waals surface area contributed by atoms with Crippen molar-refractivity contribution >= 4 is 11.6 Å². The lowest BCUT2D eigenvalue weighted by atomic mass is 10.2. The van der Waals surface area contributed by atoms with Crippen LogP contribution in [0.2, 0.25) is 0 Å². The minimum atomic E-state index is 0.649. The van der Waals surface area contributed by atoms with E-state index in [1.807, 2.05) is 30.5 Å². The van der Waals surface area contributed by atoms with Crippen LogP contribution in [-0.2, 0) is 6.42 Å². The third kappa shape index (κ3) is 3.42. The SMILES string of the molecule is NNc1cccc(NCCc2cccnc2)n1. The Morgan fingerprint density at radius 3 is 2.76 bits per heavy atom. The Morgan fingerprint density at radius 2 is 2.00 bits per heavy atom. The van der Waals surface area contributed by atoms with Crippen LogP contribution in [0.3, 0.4) is 0 Å². The average Bonchev–Trinajstić information content (AvgIpc) is 2.40. The summed E-state index contributed by atoms with van der Waals surface area (Å²) < 4.78 is 0. The second-order valence-electron chi connectivity index (χ2n) is 3.59. The molecule has 0 amide bonds. The minimum Gasteiger partial charge on any atom is -0.370 e. The third-order valence-corrected chi connectivity index (χ3v) is 2.34. The van der Waals surface area contributed by atoms with Crippen LogP contribution in [0.5, 0.6) is 0 Å². The highest BCUT2D eigenvalue weighted by molar-refractivity contribution is 5.44. The molecule has 0 aliphatic carbocycles. The number of nitrogen functional groups attached to an aromatic ring is 1. The molecule has 2 heterocycles. The van der Waals surface area contributed by atoms with E-state index in [0.29, 0.717) is 5.82 Å². The molecule has 0 fully saturated rings. The minimum absolute atomic E-state index is 0.649. The van der Waals surface area contributed by atoms with Gasteiger partial charge in [0.15, 0.2) is 0 Å². The smallest absolute Gasteiger partial charge is 0.142 e. The monoisotopic (exact) mass is 229 g/mol. The van der Waals surface area contributed by atoms with E-state index in [1.165, 1.54) is 5.56 Å². The second kappa shape index (κ2) is 5.81. The van der Waals surface area contributed by atoms with Crippen LogP contribution >= 0.6 is 0 Å². The highest BCUT2D eigenvalue weighted by atomic mass is 15.3. The van der Waals surface area contributed by atoms with Crippen molar-refractivity contribution in [1.82, 2.24) is 9.97 Å². The van der Waals surface area contributed by atoms with E-state index >= 15 is 0 Å². The van der Waals surface area contributed by atoms with Crippen molar-refractivity contribution in [2.24, 2.45) is 5.84 Å². The van der Waals surface area contributed by atoms with E-state index in [0.717, 1.165) is 18.8 Å². The second-order valence-corrected chi connectivity index (χ2v) is 3.59. The zero-order chi connectivity index (χ0) is 11.9. The fourth-order valence-electron chi connectivity index (χ4n) is 1.49. The van der Waals surface area contributed by atoms with Gasteiger partial charge in [-0.1, -0.05) is 12.1 Å². The van der Waals surface area contributed by atoms with Gasteiger partial charge in [0.1, 0.15) is 11.6 Å². The molecule has 0 saturated carbocycles. The molecule has 5 nitrogen and oxygen atoms in total. The summed E-state index contributed by atoms with van der Waals surface area (Å²) in [6.07, 6.45) is 4.55. The van der Waals surface area contributed by atoms with Crippen LogP contribution in [0.15, 0.2) is 42.7 Å². The first-order valence-corrected chi connectivity index (χ1v) is 5.45. The zero-order valence-corrected chi connectivity index (χ0v) is 9.43. The molecule has 0 aliphatic heterocycles. The molecule has 0 atom stereocenters. The van der Waals surface area contributed by atoms with E-state index in [4.69, 9.17) is 5.84 Å². The molecule has 0 unspecified atom stereocenters. The molecule has 0 aliphatic rings. The fraction of sp³-hybridized carbons (Fsp3) is 0.167. The Morgan fingerprint density at radius 1 is 1.12 bits per heavy atom. The standard InChI is InChI=1S/C12H15N5/c13-17-12-5-1-4-11(16-12)15-8-6-10-3-2-7-14-9-10/h1-5,7,9H,6,8,13H2,(H2,15,16,17). The van der Waals surface area contributed by atoms with Crippen molar-refractivity contribution in [1.29, 1.82) is 0 Å². The number of hydrogen-bond donors (Lipinski definition) is 3. The van der Waals surface area contributed by atoms with Gasteiger partial charge in [0.2, 0.25) is 0 Å². The number of nitrogens with one attached hydrogen (secondary N) is 2.